The highest BCUT2D eigenvalue weighted by atomic mass is 79.9. The average molecular weight is 316 g/mol. The Hall–Kier alpha value is -0.900. The van der Waals surface area contributed by atoms with E-state index in [9.17, 15) is 9.18 Å². The van der Waals surface area contributed by atoms with Crippen molar-refractivity contribution in [2.45, 2.75) is 26.7 Å². The molecule has 0 saturated heterocycles. The summed E-state index contributed by atoms with van der Waals surface area (Å²) >= 11 is 3.39. The average Bonchev–Trinajstić information content (AvgIpc) is 2.34. The number of amides is 1. The molecule has 0 aromatic heterocycles. The van der Waals surface area contributed by atoms with Crippen LogP contribution in [0.2, 0.25) is 0 Å². The number of hydrogen-bond donors (Lipinski definition) is 1. The molecule has 0 aliphatic carbocycles. The van der Waals surface area contributed by atoms with E-state index in [1.165, 1.54) is 12.1 Å². The van der Waals surface area contributed by atoms with E-state index in [0.717, 1.165) is 18.2 Å². The SMILES string of the molecule is CC(C)(CCCBr)CNC(=O)c1ccccc1F. The Morgan fingerprint density at radius 1 is 1.39 bits per heavy atom. The smallest absolute Gasteiger partial charge is 0.254 e. The Bertz CT molecular complexity index is 407. The predicted octanol–water partition coefficient (Wildman–Crippen LogP) is 3.76. The molecule has 0 aliphatic heterocycles. The van der Waals surface area contributed by atoms with E-state index in [1.807, 2.05) is 0 Å². The van der Waals surface area contributed by atoms with Crippen molar-refractivity contribution in [3.63, 3.8) is 0 Å². The molecule has 0 atom stereocenters. The maximum absolute atomic E-state index is 13.4. The molecule has 0 heterocycles. The summed E-state index contributed by atoms with van der Waals surface area (Å²) in [5.41, 5.74) is 0.128. The summed E-state index contributed by atoms with van der Waals surface area (Å²) in [7, 11) is 0. The minimum absolute atomic E-state index is 0.0225. The normalized spacial score (nSPS) is 11.3. The topological polar surface area (TPSA) is 29.1 Å². The number of carbonyl (C=O) groups is 1. The summed E-state index contributed by atoms with van der Waals surface area (Å²) in [5, 5.41) is 3.75. The van der Waals surface area contributed by atoms with Gasteiger partial charge in [-0.05, 0) is 30.4 Å². The van der Waals surface area contributed by atoms with Crippen LogP contribution < -0.4 is 5.32 Å². The van der Waals surface area contributed by atoms with E-state index in [1.54, 1.807) is 12.1 Å². The maximum Gasteiger partial charge on any atom is 0.254 e. The predicted molar refractivity (Wildman–Crippen MR) is 75.5 cm³/mol. The van der Waals surface area contributed by atoms with Gasteiger partial charge in [0.15, 0.2) is 0 Å². The van der Waals surface area contributed by atoms with Gasteiger partial charge in [0.25, 0.3) is 5.91 Å². The van der Waals surface area contributed by atoms with Crippen LogP contribution in [0.5, 0.6) is 0 Å². The lowest BCUT2D eigenvalue weighted by Crippen LogP contribution is -2.34. The first kappa shape index (κ1) is 15.2. The Morgan fingerprint density at radius 3 is 2.67 bits per heavy atom. The number of halogens is 2. The molecule has 2 nitrogen and oxygen atoms in total. The number of alkyl halides is 1. The zero-order valence-electron chi connectivity index (χ0n) is 10.8. The van der Waals surface area contributed by atoms with Crippen molar-refractivity contribution in [2.75, 3.05) is 11.9 Å². The summed E-state index contributed by atoms with van der Waals surface area (Å²) in [6.07, 6.45) is 2.07. The first-order valence-corrected chi connectivity index (χ1v) is 7.17. The van der Waals surface area contributed by atoms with Crippen LogP contribution in [0.1, 0.15) is 37.0 Å². The number of nitrogens with one attached hydrogen (secondary N) is 1. The van der Waals surface area contributed by atoms with Crippen LogP contribution >= 0.6 is 15.9 Å². The quantitative estimate of drug-likeness (QED) is 0.796. The standard InChI is InChI=1S/C14H19BrFNO/c1-14(2,8-5-9-15)10-17-13(18)11-6-3-4-7-12(11)16/h3-4,6-7H,5,8-10H2,1-2H3,(H,17,18). The molecule has 100 valence electrons. The minimum Gasteiger partial charge on any atom is -0.351 e. The third kappa shape index (κ3) is 4.77. The van der Waals surface area contributed by atoms with Crippen LogP contribution in [0, 0.1) is 11.2 Å². The summed E-state index contributed by atoms with van der Waals surface area (Å²) in [4.78, 5) is 11.8. The first-order valence-electron chi connectivity index (χ1n) is 6.05. The van der Waals surface area contributed by atoms with Crippen molar-refractivity contribution in [3.8, 4) is 0 Å². The number of benzene rings is 1. The molecule has 4 heteroatoms. The highest BCUT2D eigenvalue weighted by molar-refractivity contribution is 9.09. The fraction of sp³-hybridized carbons (Fsp3) is 0.500. The van der Waals surface area contributed by atoms with Gasteiger partial charge in [0.2, 0.25) is 0 Å². The Balaban J connectivity index is 2.54. The molecule has 1 aromatic carbocycles. The molecular formula is C14H19BrFNO. The van der Waals surface area contributed by atoms with Crippen LogP contribution in [0.3, 0.4) is 0 Å². The highest BCUT2D eigenvalue weighted by Crippen LogP contribution is 2.21. The highest BCUT2D eigenvalue weighted by Gasteiger charge is 2.19. The van der Waals surface area contributed by atoms with Gasteiger partial charge in [-0.3, -0.25) is 4.79 Å². The van der Waals surface area contributed by atoms with Crippen LogP contribution in [0.15, 0.2) is 24.3 Å². The molecule has 0 aliphatic rings. The van der Waals surface area contributed by atoms with Crippen LogP contribution in [0.4, 0.5) is 4.39 Å². The number of hydrogen-bond acceptors (Lipinski definition) is 1. The van der Waals surface area contributed by atoms with Crippen molar-refractivity contribution in [3.05, 3.63) is 35.6 Å². The van der Waals surface area contributed by atoms with E-state index >= 15 is 0 Å². The zero-order chi connectivity index (χ0) is 13.6. The van der Waals surface area contributed by atoms with Gasteiger partial charge in [0, 0.05) is 11.9 Å². The Morgan fingerprint density at radius 2 is 2.06 bits per heavy atom. The largest absolute Gasteiger partial charge is 0.351 e. The monoisotopic (exact) mass is 315 g/mol. The molecule has 0 saturated carbocycles. The van der Waals surface area contributed by atoms with Crippen LogP contribution in [-0.4, -0.2) is 17.8 Å². The van der Waals surface area contributed by atoms with Crippen molar-refractivity contribution in [2.24, 2.45) is 5.41 Å². The first-order chi connectivity index (χ1) is 8.46. The molecule has 0 fully saturated rings. The van der Waals surface area contributed by atoms with E-state index in [4.69, 9.17) is 0 Å². The van der Waals surface area contributed by atoms with Gasteiger partial charge in [-0.2, -0.15) is 0 Å². The van der Waals surface area contributed by atoms with Crippen LogP contribution in [0.25, 0.3) is 0 Å². The lowest BCUT2D eigenvalue weighted by Gasteiger charge is -2.24. The van der Waals surface area contributed by atoms with Crippen LogP contribution in [-0.2, 0) is 0 Å². The van der Waals surface area contributed by atoms with Gasteiger partial charge in [-0.1, -0.05) is 41.9 Å². The summed E-state index contributed by atoms with van der Waals surface area (Å²) in [5.74, 6) is -0.826. The van der Waals surface area contributed by atoms with Crippen molar-refractivity contribution in [1.29, 1.82) is 0 Å². The Labute approximate surface area is 116 Å². The summed E-state index contributed by atoms with van der Waals surface area (Å²) < 4.78 is 13.4. The molecule has 0 unspecified atom stereocenters. The van der Waals surface area contributed by atoms with Gasteiger partial charge in [0.05, 0.1) is 5.56 Å². The van der Waals surface area contributed by atoms with Gasteiger partial charge < -0.3 is 5.32 Å². The fourth-order valence-corrected chi connectivity index (χ4v) is 1.97. The van der Waals surface area contributed by atoms with E-state index in [-0.39, 0.29) is 16.9 Å². The summed E-state index contributed by atoms with van der Waals surface area (Å²) in [6, 6.07) is 6.03. The second-order valence-electron chi connectivity index (χ2n) is 5.12. The van der Waals surface area contributed by atoms with Gasteiger partial charge in [0.1, 0.15) is 5.82 Å². The van der Waals surface area contributed by atoms with Crippen molar-refractivity contribution in [1.82, 2.24) is 5.32 Å². The zero-order valence-corrected chi connectivity index (χ0v) is 12.4. The molecule has 0 radical (unpaired) electrons. The second kappa shape index (κ2) is 6.88. The molecule has 18 heavy (non-hydrogen) atoms. The lowest BCUT2D eigenvalue weighted by molar-refractivity contribution is 0.0930. The Kier molecular flexibility index (Phi) is 5.79. The third-order valence-corrected chi connectivity index (χ3v) is 3.39. The summed E-state index contributed by atoms with van der Waals surface area (Å²) in [6.45, 7) is 4.74. The number of rotatable bonds is 6. The second-order valence-corrected chi connectivity index (χ2v) is 5.91. The van der Waals surface area contributed by atoms with Crippen molar-refractivity contribution < 1.29 is 9.18 Å². The molecule has 1 rings (SSSR count). The number of carbonyl (C=O) groups excluding carboxylic acids is 1. The third-order valence-electron chi connectivity index (χ3n) is 2.83. The fourth-order valence-electron chi connectivity index (χ4n) is 1.69. The van der Waals surface area contributed by atoms with Gasteiger partial charge in [-0.25, -0.2) is 4.39 Å². The van der Waals surface area contributed by atoms with Gasteiger partial charge in [-0.15, -0.1) is 0 Å². The van der Waals surface area contributed by atoms with E-state index in [2.05, 4.69) is 35.1 Å². The molecule has 1 aromatic rings. The molecule has 0 spiro atoms. The maximum atomic E-state index is 13.4. The molecule has 0 bridgehead atoms. The molecule has 1 amide bonds. The minimum atomic E-state index is -0.478. The van der Waals surface area contributed by atoms with E-state index < -0.39 is 5.82 Å². The van der Waals surface area contributed by atoms with Gasteiger partial charge >= 0.3 is 0 Å². The molecule has 1 N–H and O–H groups in total. The van der Waals surface area contributed by atoms with Crippen molar-refractivity contribution >= 4 is 21.8 Å². The molecular weight excluding hydrogens is 297 g/mol. The lowest BCUT2D eigenvalue weighted by atomic mass is 9.88. The van der Waals surface area contributed by atoms with E-state index in [0.29, 0.717) is 6.54 Å².